The maximum atomic E-state index is 10.3. The van der Waals surface area contributed by atoms with Crippen molar-refractivity contribution in [2.75, 3.05) is 6.61 Å². The first kappa shape index (κ1) is 9.08. The molecule has 1 rings (SSSR count). The molecule has 0 spiro atoms. The van der Waals surface area contributed by atoms with Crippen molar-refractivity contribution in [3.63, 3.8) is 0 Å². The minimum absolute atomic E-state index is 0.319. The van der Waals surface area contributed by atoms with Crippen LogP contribution in [0.5, 0.6) is 0 Å². The SMILES string of the molecule is CC(C)(CO)C1(O)OS(=O)O1. The largest absolute Gasteiger partial charge is 0.395 e. The van der Waals surface area contributed by atoms with E-state index in [1.54, 1.807) is 0 Å². The monoisotopic (exact) mass is 182 g/mol. The summed E-state index contributed by atoms with van der Waals surface area (Å²) in [6, 6.07) is 0. The van der Waals surface area contributed by atoms with Gasteiger partial charge in [0.05, 0.1) is 12.0 Å². The predicted molar refractivity (Wildman–Crippen MR) is 36.1 cm³/mol. The molecule has 2 N–H and O–H groups in total. The first-order valence-electron chi connectivity index (χ1n) is 3.05. The van der Waals surface area contributed by atoms with Gasteiger partial charge in [-0.25, -0.2) is 8.37 Å². The summed E-state index contributed by atoms with van der Waals surface area (Å²) in [6.07, 6.45) is 0. The second-order valence-corrected chi connectivity index (χ2v) is 3.74. The second kappa shape index (κ2) is 2.49. The molecule has 0 aliphatic carbocycles. The number of hydrogen-bond acceptors (Lipinski definition) is 5. The quantitative estimate of drug-likeness (QED) is 0.589. The highest BCUT2D eigenvalue weighted by molar-refractivity contribution is 7.76. The Labute approximate surface area is 66.8 Å². The summed E-state index contributed by atoms with van der Waals surface area (Å²) in [6.45, 7) is 2.74. The van der Waals surface area contributed by atoms with Gasteiger partial charge in [-0.1, -0.05) is 0 Å². The second-order valence-electron chi connectivity index (χ2n) is 2.99. The molecule has 0 aromatic heterocycles. The molecule has 0 radical (unpaired) electrons. The molecule has 1 saturated heterocycles. The fourth-order valence-electron chi connectivity index (χ4n) is 0.516. The van der Waals surface area contributed by atoms with Crippen LogP contribution in [0.4, 0.5) is 0 Å². The van der Waals surface area contributed by atoms with Crippen molar-refractivity contribution in [2.24, 2.45) is 5.41 Å². The van der Waals surface area contributed by atoms with Crippen LogP contribution in [0, 0.1) is 5.41 Å². The van der Waals surface area contributed by atoms with E-state index < -0.39 is 22.7 Å². The first-order valence-corrected chi connectivity index (χ1v) is 4.05. The number of aliphatic hydroxyl groups excluding tert-OH is 1. The van der Waals surface area contributed by atoms with Crippen molar-refractivity contribution in [2.45, 2.75) is 19.8 Å². The molecule has 66 valence electrons. The third kappa shape index (κ3) is 1.32. The molecule has 0 aromatic rings. The first-order chi connectivity index (χ1) is 4.91. The molecule has 6 heteroatoms. The molecule has 1 aliphatic heterocycles. The Hall–Kier alpha value is -0.0100. The number of hydrogen-bond donors (Lipinski definition) is 2. The van der Waals surface area contributed by atoms with E-state index in [0.29, 0.717) is 0 Å². The van der Waals surface area contributed by atoms with Crippen LogP contribution in [0.25, 0.3) is 0 Å². The average Bonchev–Trinajstić information content (AvgIpc) is 1.85. The van der Waals surface area contributed by atoms with Gasteiger partial charge < -0.3 is 10.2 Å². The Morgan fingerprint density at radius 3 is 2.27 bits per heavy atom. The molecule has 0 saturated carbocycles. The topological polar surface area (TPSA) is 76.0 Å². The summed E-state index contributed by atoms with van der Waals surface area (Å²) in [5, 5.41) is 18.1. The summed E-state index contributed by atoms with van der Waals surface area (Å²) in [4.78, 5) is 0. The van der Waals surface area contributed by atoms with Gasteiger partial charge in [-0.2, -0.15) is 4.21 Å². The lowest BCUT2D eigenvalue weighted by Crippen LogP contribution is -2.58. The maximum Gasteiger partial charge on any atom is 0.318 e. The van der Waals surface area contributed by atoms with E-state index in [1.165, 1.54) is 13.8 Å². The summed E-state index contributed by atoms with van der Waals surface area (Å²) in [7, 11) is 0. The Morgan fingerprint density at radius 1 is 1.55 bits per heavy atom. The van der Waals surface area contributed by atoms with E-state index in [0.717, 1.165) is 0 Å². The van der Waals surface area contributed by atoms with Gasteiger partial charge in [0.15, 0.2) is 0 Å². The Bertz CT molecular complexity index is 181. The van der Waals surface area contributed by atoms with Crippen LogP contribution in [0.1, 0.15) is 13.8 Å². The van der Waals surface area contributed by atoms with Crippen molar-refractivity contribution >= 4 is 11.4 Å². The number of aliphatic hydroxyl groups is 2. The lowest BCUT2D eigenvalue weighted by Gasteiger charge is -2.43. The summed E-state index contributed by atoms with van der Waals surface area (Å²) in [5.74, 6) is -1.91. The molecule has 1 aliphatic rings. The van der Waals surface area contributed by atoms with Crippen molar-refractivity contribution in [1.29, 1.82) is 0 Å². The van der Waals surface area contributed by atoms with E-state index >= 15 is 0 Å². The van der Waals surface area contributed by atoms with Gasteiger partial charge in [0.1, 0.15) is 0 Å². The van der Waals surface area contributed by atoms with Gasteiger partial charge in [-0.3, -0.25) is 0 Å². The molecular formula is C5H10O5S. The fraction of sp³-hybridized carbons (Fsp3) is 1.00. The maximum absolute atomic E-state index is 10.3. The highest BCUT2D eigenvalue weighted by atomic mass is 32.2. The Kier molecular flexibility index (Phi) is 2.06. The van der Waals surface area contributed by atoms with E-state index in [2.05, 4.69) is 8.37 Å². The van der Waals surface area contributed by atoms with Gasteiger partial charge in [0.25, 0.3) is 0 Å². The van der Waals surface area contributed by atoms with Gasteiger partial charge in [0, 0.05) is 0 Å². The molecule has 0 bridgehead atoms. The molecular weight excluding hydrogens is 172 g/mol. The van der Waals surface area contributed by atoms with Crippen LogP contribution < -0.4 is 0 Å². The van der Waals surface area contributed by atoms with Crippen molar-refractivity contribution < 1.29 is 22.8 Å². The van der Waals surface area contributed by atoms with Gasteiger partial charge in [-0.15, -0.1) is 0 Å². The van der Waals surface area contributed by atoms with Gasteiger partial charge >= 0.3 is 17.3 Å². The van der Waals surface area contributed by atoms with E-state index in [9.17, 15) is 9.32 Å². The predicted octanol–water partition coefficient (Wildman–Crippen LogP) is -0.723. The van der Waals surface area contributed by atoms with Crippen molar-refractivity contribution in [3.8, 4) is 0 Å². The Morgan fingerprint density at radius 2 is 2.00 bits per heavy atom. The standard InChI is InChI=1S/C5H10O5S/c1-4(2,3-6)5(7)9-11(8)10-5/h6-7H,3H2,1-2H3. The zero-order valence-electron chi connectivity index (χ0n) is 6.23. The zero-order valence-corrected chi connectivity index (χ0v) is 7.05. The third-order valence-corrected chi connectivity index (χ3v) is 2.34. The smallest absolute Gasteiger partial charge is 0.318 e. The zero-order chi connectivity index (χ0) is 8.70. The molecule has 0 unspecified atom stereocenters. The highest BCUT2D eigenvalue weighted by Crippen LogP contribution is 2.40. The van der Waals surface area contributed by atoms with Gasteiger partial charge in [-0.05, 0) is 13.8 Å². The number of rotatable bonds is 2. The van der Waals surface area contributed by atoms with E-state index in [1.807, 2.05) is 0 Å². The highest BCUT2D eigenvalue weighted by Gasteiger charge is 2.57. The lowest BCUT2D eigenvalue weighted by atomic mass is 9.92. The van der Waals surface area contributed by atoms with Crippen LogP contribution in [0.2, 0.25) is 0 Å². The molecule has 0 aromatic carbocycles. The van der Waals surface area contributed by atoms with Crippen LogP contribution >= 0.6 is 0 Å². The molecule has 0 atom stereocenters. The summed E-state index contributed by atoms with van der Waals surface area (Å²) < 4.78 is 19.2. The van der Waals surface area contributed by atoms with E-state index in [4.69, 9.17) is 5.11 Å². The summed E-state index contributed by atoms with van der Waals surface area (Å²) >= 11 is -1.87. The molecule has 11 heavy (non-hydrogen) atoms. The minimum atomic E-state index is -1.91. The Balaban J connectivity index is 2.67. The third-order valence-electron chi connectivity index (χ3n) is 1.61. The normalized spacial score (nSPS) is 38.4. The van der Waals surface area contributed by atoms with Crippen LogP contribution in [0.15, 0.2) is 0 Å². The van der Waals surface area contributed by atoms with Crippen LogP contribution in [0.3, 0.4) is 0 Å². The average molecular weight is 182 g/mol. The van der Waals surface area contributed by atoms with Crippen LogP contribution in [-0.2, 0) is 19.7 Å². The van der Waals surface area contributed by atoms with Crippen molar-refractivity contribution in [3.05, 3.63) is 0 Å². The minimum Gasteiger partial charge on any atom is -0.395 e. The van der Waals surface area contributed by atoms with Gasteiger partial charge in [0.2, 0.25) is 0 Å². The van der Waals surface area contributed by atoms with E-state index in [-0.39, 0.29) is 6.61 Å². The lowest BCUT2D eigenvalue weighted by molar-refractivity contribution is -0.376. The molecule has 0 amide bonds. The molecule has 1 heterocycles. The molecule has 1 fully saturated rings. The fourth-order valence-corrected chi connectivity index (χ4v) is 1.35. The molecule has 5 nitrogen and oxygen atoms in total. The summed E-state index contributed by atoms with van der Waals surface area (Å²) in [5.41, 5.74) is -0.971. The van der Waals surface area contributed by atoms with Crippen molar-refractivity contribution in [1.82, 2.24) is 0 Å². The van der Waals surface area contributed by atoms with Crippen LogP contribution in [-0.4, -0.2) is 27.0 Å².